The number of anilines is 1. The molecule has 28 heavy (non-hydrogen) atoms. The highest BCUT2D eigenvalue weighted by molar-refractivity contribution is 6.32. The highest BCUT2D eigenvalue weighted by Crippen LogP contribution is 2.35. The summed E-state index contributed by atoms with van der Waals surface area (Å²) in [6.07, 6.45) is 5.53. The number of Topliss-reactive ketones (excluding diaryl/α,β-unsaturated/α-hetero) is 1. The second kappa shape index (κ2) is 7.64. The number of rotatable bonds is 4. The lowest BCUT2D eigenvalue weighted by Crippen LogP contribution is -2.56. The van der Waals surface area contributed by atoms with Crippen LogP contribution in [-0.4, -0.2) is 28.8 Å². The van der Waals surface area contributed by atoms with E-state index in [9.17, 15) is 4.79 Å². The Morgan fingerprint density at radius 3 is 3.00 bits per heavy atom. The van der Waals surface area contributed by atoms with Crippen LogP contribution in [0.25, 0.3) is 11.1 Å². The minimum atomic E-state index is -0.449. The highest BCUT2D eigenvalue weighted by atomic mass is 35.5. The highest BCUT2D eigenvalue weighted by Gasteiger charge is 2.42. The SMILES string of the molecule is C=C/C=C(/Cl)C(=C)C1N=C(Nc2nc3ccccc3o2)NC2CCCC(=O)C21. The molecule has 144 valence electrons. The Morgan fingerprint density at radius 2 is 2.21 bits per heavy atom. The number of allylic oxidation sites excluding steroid dienone is 2. The van der Waals surface area contributed by atoms with Crippen molar-refractivity contribution in [3.8, 4) is 0 Å². The fourth-order valence-corrected chi connectivity index (χ4v) is 4.00. The number of benzene rings is 1. The van der Waals surface area contributed by atoms with Crippen molar-refractivity contribution >= 4 is 40.5 Å². The number of fused-ring (bicyclic) bond motifs is 2. The molecule has 3 unspecified atom stereocenters. The zero-order chi connectivity index (χ0) is 19.7. The van der Waals surface area contributed by atoms with Crippen LogP contribution in [0.5, 0.6) is 0 Å². The number of para-hydroxylation sites is 2. The maximum atomic E-state index is 12.6. The van der Waals surface area contributed by atoms with Gasteiger partial charge in [0.15, 0.2) is 11.5 Å². The van der Waals surface area contributed by atoms with E-state index in [0.29, 0.717) is 34.6 Å². The third-order valence-corrected chi connectivity index (χ3v) is 5.49. The minimum Gasteiger partial charge on any atom is -0.423 e. The smallest absolute Gasteiger partial charge is 0.302 e. The molecule has 6 nitrogen and oxygen atoms in total. The van der Waals surface area contributed by atoms with Crippen molar-refractivity contribution in [3.05, 3.63) is 60.2 Å². The molecule has 0 amide bonds. The first-order chi connectivity index (χ1) is 13.6. The van der Waals surface area contributed by atoms with Gasteiger partial charge in [0.1, 0.15) is 11.3 Å². The number of carbonyl (C=O) groups is 1. The Morgan fingerprint density at radius 1 is 1.39 bits per heavy atom. The Balaban J connectivity index is 1.66. The summed E-state index contributed by atoms with van der Waals surface area (Å²) in [5, 5.41) is 6.88. The Hall–Kier alpha value is -2.86. The summed E-state index contributed by atoms with van der Waals surface area (Å²) < 4.78 is 5.73. The van der Waals surface area contributed by atoms with Gasteiger partial charge in [0.2, 0.25) is 0 Å². The molecular weight excluding hydrogens is 376 g/mol. The predicted molar refractivity (Wildman–Crippen MR) is 111 cm³/mol. The molecule has 3 atom stereocenters. The van der Waals surface area contributed by atoms with E-state index in [2.05, 4.69) is 28.8 Å². The summed E-state index contributed by atoms with van der Waals surface area (Å²) in [5.41, 5.74) is 2.04. The summed E-state index contributed by atoms with van der Waals surface area (Å²) in [6, 6.07) is 7.36. The van der Waals surface area contributed by atoms with Crippen LogP contribution in [0.15, 0.2) is 69.6 Å². The zero-order valence-electron chi connectivity index (χ0n) is 15.3. The largest absolute Gasteiger partial charge is 0.423 e. The molecule has 4 rings (SSSR count). The van der Waals surface area contributed by atoms with Crippen LogP contribution in [0, 0.1) is 5.92 Å². The summed E-state index contributed by atoms with van der Waals surface area (Å²) >= 11 is 6.34. The Labute approximate surface area is 168 Å². The average molecular weight is 397 g/mol. The Kier molecular flexibility index (Phi) is 5.05. The second-order valence-electron chi connectivity index (χ2n) is 6.94. The number of hydrogen-bond acceptors (Lipinski definition) is 6. The van der Waals surface area contributed by atoms with Gasteiger partial charge in [-0.2, -0.15) is 4.98 Å². The number of aliphatic imine (C=N–C) groups is 1. The first-order valence-corrected chi connectivity index (χ1v) is 9.61. The van der Waals surface area contributed by atoms with Crippen LogP contribution in [0.1, 0.15) is 19.3 Å². The van der Waals surface area contributed by atoms with E-state index in [4.69, 9.17) is 21.0 Å². The summed E-state index contributed by atoms with van der Waals surface area (Å²) in [6.45, 7) is 7.76. The van der Waals surface area contributed by atoms with Gasteiger partial charge in [0.05, 0.1) is 12.0 Å². The number of halogens is 1. The fraction of sp³-hybridized carbons (Fsp3) is 0.286. The summed E-state index contributed by atoms with van der Waals surface area (Å²) in [7, 11) is 0. The van der Waals surface area contributed by atoms with Crippen molar-refractivity contribution in [2.24, 2.45) is 10.9 Å². The van der Waals surface area contributed by atoms with Gasteiger partial charge < -0.3 is 9.73 Å². The average Bonchev–Trinajstić information content (AvgIpc) is 3.09. The lowest BCUT2D eigenvalue weighted by Gasteiger charge is -2.39. The summed E-state index contributed by atoms with van der Waals surface area (Å²) in [5.74, 6) is 0.391. The molecule has 2 aliphatic rings. The van der Waals surface area contributed by atoms with Crippen LogP contribution in [0.2, 0.25) is 0 Å². The molecule has 2 aromatic rings. The molecule has 0 bridgehead atoms. The molecule has 1 saturated carbocycles. The Bertz CT molecular complexity index is 974. The van der Waals surface area contributed by atoms with Crippen molar-refractivity contribution in [1.29, 1.82) is 0 Å². The van der Waals surface area contributed by atoms with Gasteiger partial charge in [0.25, 0.3) is 0 Å². The van der Waals surface area contributed by atoms with Gasteiger partial charge >= 0.3 is 6.01 Å². The van der Waals surface area contributed by atoms with Gasteiger partial charge in [-0.05, 0) is 36.6 Å². The summed E-state index contributed by atoms with van der Waals surface area (Å²) in [4.78, 5) is 21.7. The number of oxazole rings is 1. The molecule has 1 aromatic carbocycles. The number of carbonyl (C=O) groups excluding carboxylic acids is 1. The molecule has 2 N–H and O–H groups in total. The van der Waals surface area contributed by atoms with E-state index in [1.165, 1.54) is 0 Å². The van der Waals surface area contributed by atoms with Crippen LogP contribution < -0.4 is 10.6 Å². The van der Waals surface area contributed by atoms with E-state index >= 15 is 0 Å². The number of nitrogens with one attached hydrogen (secondary N) is 2. The lowest BCUT2D eigenvalue weighted by atomic mass is 9.76. The van der Waals surface area contributed by atoms with Gasteiger partial charge in [-0.3, -0.25) is 10.1 Å². The first-order valence-electron chi connectivity index (χ1n) is 9.24. The van der Waals surface area contributed by atoms with Crippen LogP contribution >= 0.6 is 11.6 Å². The number of ketones is 1. The van der Waals surface area contributed by atoms with Gasteiger partial charge in [0, 0.05) is 17.5 Å². The van der Waals surface area contributed by atoms with Gasteiger partial charge in [-0.25, -0.2) is 4.99 Å². The van der Waals surface area contributed by atoms with E-state index < -0.39 is 6.04 Å². The van der Waals surface area contributed by atoms with Crippen LogP contribution in [0.3, 0.4) is 0 Å². The molecule has 1 aromatic heterocycles. The van der Waals surface area contributed by atoms with Crippen LogP contribution in [0.4, 0.5) is 6.01 Å². The molecule has 0 spiro atoms. The third kappa shape index (κ3) is 3.47. The number of guanidine groups is 1. The van der Waals surface area contributed by atoms with E-state index in [-0.39, 0.29) is 17.7 Å². The predicted octanol–water partition coefficient (Wildman–Crippen LogP) is 4.17. The topological polar surface area (TPSA) is 79.5 Å². The second-order valence-corrected chi connectivity index (χ2v) is 7.35. The molecule has 7 heteroatoms. The quantitative estimate of drug-likeness (QED) is 0.758. The van der Waals surface area contributed by atoms with Gasteiger partial charge in [-0.1, -0.05) is 43.0 Å². The molecule has 0 radical (unpaired) electrons. The van der Waals surface area contributed by atoms with Crippen molar-refractivity contribution in [1.82, 2.24) is 10.3 Å². The molecule has 1 aliphatic carbocycles. The maximum Gasteiger partial charge on any atom is 0.302 e. The zero-order valence-corrected chi connectivity index (χ0v) is 16.1. The van der Waals surface area contributed by atoms with Crippen LogP contribution in [-0.2, 0) is 4.79 Å². The van der Waals surface area contributed by atoms with E-state index in [0.717, 1.165) is 18.4 Å². The molecule has 0 saturated heterocycles. The normalized spacial score (nSPS) is 24.9. The number of hydrogen-bond donors (Lipinski definition) is 2. The lowest BCUT2D eigenvalue weighted by molar-refractivity contribution is -0.125. The van der Waals surface area contributed by atoms with E-state index in [1.54, 1.807) is 12.2 Å². The maximum absolute atomic E-state index is 12.6. The number of nitrogens with zero attached hydrogens (tertiary/aromatic N) is 2. The fourth-order valence-electron chi connectivity index (χ4n) is 3.80. The van der Waals surface area contributed by atoms with Gasteiger partial charge in [-0.15, -0.1) is 0 Å². The minimum absolute atomic E-state index is 0.0411. The molecule has 2 heterocycles. The monoisotopic (exact) mass is 396 g/mol. The van der Waals surface area contributed by atoms with Crippen molar-refractivity contribution in [2.75, 3.05) is 5.32 Å². The van der Waals surface area contributed by atoms with Crippen molar-refractivity contribution < 1.29 is 9.21 Å². The van der Waals surface area contributed by atoms with E-state index in [1.807, 2.05) is 24.3 Å². The first kappa shape index (κ1) is 18.5. The third-order valence-electron chi connectivity index (χ3n) is 5.12. The van der Waals surface area contributed by atoms with Crippen molar-refractivity contribution in [2.45, 2.75) is 31.3 Å². The molecular formula is C21H21ClN4O2. The number of aromatic nitrogens is 1. The molecule has 1 fully saturated rings. The molecule has 1 aliphatic heterocycles. The standard InChI is InChI=1S/C21H21ClN4O2/c1-3-7-13(22)12(2)19-18-15(9-6-10-16(18)27)23-20(25-19)26-21-24-14-8-4-5-11-17(14)28-21/h3-5,7-8,11,15,18-19H,1-2,6,9-10H2,(H2,23,24,25,26)/b13-7+. The van der Waals surface area contributed by atoms with Crippen molar-refractivity contribution in [3.63, 3.8) is 0 Å².